The Morgan fingerprint density at radius 2 is 2.35 bits per heavy atom. The van der Waals surface area contributed by atoms with Crippen molar-refractivity contribution in [1.82, 2.24) is 9.88 Å². The molecule has 2 rings (SSSR count). The average molecular weight is 234 g/mol. The van der Waals surface area contributed by atoms with Gasteiger partial charge in [-0.05, 0) is 50.4 Å². The number of aryl methyl sites for hydroxylation is 1. The first-order valence-corrected chi connectivity index (χ1v) is 6.65. The second kappa shape index (κ2) is 5.50. The van der Waals surface area contributed by atoms with Gasteiger partial charge in [0.15, 0.2) is 0 Å². The van der Waals surface area contributed by atoms with Crippen molar-refractivity contribution in [2.75, 3.05) is 13.1 Å². The molecule has 17 heavy (non-hydrogen) atoms. The van der Waals surface area contributed by atoms with Crippen molar-refractivity contribution in [1.29, 1.82) is 0 Å². The molecule has 1 saturated heterocycles. The van der Waals surface area contributed by atoms with Crippen LogP contribution in [0.15, 0.2) is 17.1 Å². The van der Waals surface area contributed by atoms with Crippen molar-refractivity contribution in [3.05, 3.63) is 33.7 Å². The summed E-state index contributed by atoms with van der Waals surface area (Å²) in [4.78, 5) is 16.6. The van der Waals surface area contributed by atoms with Crippen molar-refractivity contribution in [3.8, 4) is 0 Å². The standard InChI is InChI=1S/C14H22N2O/c1-3-4-7-16-8-5-6-13(16)12-10-15-14(17)9-11(12)2/h9-10,13H,3-8H2,1-2H3,(H,15,17)/t13-/m0/s1. The highest BCUT2D eigenvalue weighted by Crippen LogP contribution is 2.32. The van der Waals surface area contributed by atoms with Crippen LogP contribution >= 0.6 is 0 Å². The third-order valence-corrected chi connectivity index (χ3v) is 3.69. The third-order valence-electron chi connectivity index (χ3n) is 3.69. The average Bonchev–Trinajstić information content (AvgIpc) is 2.74. The van der Waals surface area contributed by atoms with Crippen molar-refractivity contribution >= 4 is 0 Å². The highest BCUT2D eigenvalue weighted by Gasteiger charge is 2.26. The van der Waals surface area contributed by atoms with Gasteiger partial charge in [0.2, 0.25) is 5.56 Å². The van der Waals surface area contributed by atoms with Crippen LogP contribution in [0.25, 0.3) is 0 Å². The van der Waals surface area contributed by atoms with Gasteiger partial charge in [-0.2, -0.15) is 0 Å². The summed E-state index contributed by atoms with van der Waals surface area (Å²) in [6.45, 7) is 6.65. The van der Waals surface area contributed by atoms with E-state index < -0.39 is 0 Å². The molecule has 0 unspecified atom stereocenters. The van der Waals surface area contributed by atoms with Crippen LogP contribution in [-0.4, -0.2) is 23.0 Å². The van der Waals surface area contributed by atoms with E-state index in [9.17, 15) is 4.79 Å². The zero-order valence-corrected chi connectivity index (χ0v) is 10.8. The van der Waals surface area contributed by atoms with Gasteiger partial charge in [0, 0.05) is 18.3 Å². The maximum atomic E-state index is 11.2. The molecule has 1 N–H and O–H groups in total. The molecule has 0 spiro atoms. The molecule has 0 radical (unpaired) electrons. The van der Waals surface area contributed by atoms with E-state index in [1.165, 1.54) is 44.3 Å². The van der Waals surface area contributed by atoms with E-state index in [-0.39, 0.29) is 5.56 Å². The first-order chi connectivity index (χ1) is 8.22. The number of nitrogens with one attached hydrogen (secondary N) is 1. The Balaban J connectivity index is 2.17. The Bertz CT molecular complexity index is 424. The number of aromatic amines is 1. The summed E-state index contributed by atoms with van der Waals surface area (Å²) >= 11 is 0. The fraction of sp³-hybridized carbons (Fsp3) is 0.643. The molecule has 94 valence electrons. The first-order valence-electron chi connectivity index (χ1n) is 6.65. The Kier molecular flexibility index (Phi) is 4.00. The fourth-order valence-corrected chi connectivity index (χ4v) is 2.75. The molecular weight excluding hydrogens is 212 g/mol. The summed E-state index contributed by atoms with van der Waals surface area (Å²) in [5.74, 6) is 0. The van der Waals surface area contributed by atoms with E-state index in [0.717, 1.165) is 5.56 Å². The number of hydrogen-bond donors (Lipinski definition) is 1. The molecule has 1 fully saturated rings. The SMILES string of the molecule is CCCCN1CCC[C@H]1c1c[nH]c(=O)cc1C. The summed E-state index contributed by atoms with van der Waals surface area (Å²) in [7, 11) is 0. The molecule has 1 aliphatic rings. The summed E-state index contributed by atoms with van der Waals surface area (Å²) in [5.41, 5.74) is 2.43. The lowest BCUT2D eigenvalue weighted by atomic mass is 10.0. The molecule has 3 nitrogen and oxygen atoms in total. The predicted octanol–water partition coefficient (Wildman–Crippen LogP) is 2.62. The van der Waals surface area contributed by atoms with Gasteiger partial charge in [-0.25, -0.2) is 0 Å². The fourth-order valence-electron chi connectivity index (χ4n) is 2.75. The number of nitrogens with zero attached hydrogens (tertiary/aromatic N) is 1. The van der Waals surface area contributed by atoms with Crippen LogP contribution in [0.2, 0.25) is 0 Å². The monoisotopic (exact) mass is 234 g/mol. The van der Waals surface area contributed by atoms with E-state index >= 15 is 0 Å². The first kappa shape index (κ1) is 12.4. The minimum Gasteiger partial charge on any atom is -0.329 e. The van der Waals surface area contributed by atoms with Gasteiger partial charge in [0.1, 0.15) is 0 Å². The number of hydrogen-bond acceptors (Lipinski definition) is 2. The van der Waals surface area contributed by atoms with Crippen molar-refractivity contribution < 1.29 is 0 Å². The number of likely N-dealkylation sites (tertiary alicyclic amines) is 1. The van der Waals surface area contributed by atoms with Gasteiger partial charge in [-0.15, -0.1) is 0 Å². The Morgan fingerprint density at radius 1 is 1.53 bits per heavy atom. The minimum absolute atomic E-state index is 0.00403. The molecule has 0 amide bonds. The summed E-state index contributed by atoms with van der Waals surface area (Å²) < 4.78 is 0. The van der Waals surface area contributed by atoms with Crippen LogP contribution in [0.3, 0.4) is 0 Å². The summed E-state index contributed by atoms with van der Waals surface area (Å²) in [5, 5.41) is 0. The lowest BCUT2D eigenvalue weighted by Crippen LogP contribution is -2.25. The number of pyridine rings is 1. The molecular formula is C14H22N2O. The second-order valence-corrected chi connectivity index (χ2v) is 4.98. The van der Waals surface area contributed by atoms with Crippen LogP contribution in [-0.2, 0) is 0 Å². The molecule has 1 atom stereocenters. The van der Waals surface area contributed by atoms with Crippen LogP contribution in [0.5, 0.6) is 0 Å². The molecule has 0 aliphatic carbocycles. The topological polar surface area (TPSA) is 36.1 Å². The molecule has 1 aromatic heterocycles. The number of unbranched alkanes of at least 4 members (excludes halogenated alkanes) is 1. The zero-order valence-electron chi connectivity index (χ0n) is 10.8. The number of rotatable bonds is 4. The smallest absolute Gasteiger partial charge is 0.248 e. The van der Waals surface area contributed by atoms with Crippen molar-refractivity contribution in [3.63, 3.8) is 0 Å². The number of aromatic nitrogens is 1. The van der Waals surface area contributed by atoms with Gasteiger partial charge >= 0.3 is 0 Å². The normalized spacial score (nSPS) is 20.9. The van der Waals surface area contributed by atoms with Crippen LogP contribution in [0.4, 0.5) is 0 Å². The van der Waals surface area contributed by atoms with Crippen LogP contribution in [0.1, 0.15) is 49.8 Å². The maximum Gasteiger partial charge on any atom is 0.248 e. The molecule has 1 aliphatic heterocycles. The molecule has 3 heteroatoms. The van der Waals surface area contributed by atoms with Crippen LogP contribution < -0.4 is 5.56 Å². The number of H-pyrrole nitrogens is 1. The highest BCUT2D eigenvalue weighted by atomic mass is 16.1. The summed E-state index contributed by atoms with van der Waals surface area (Å²) in [6.07, 6.45) is 6.91. The van der Waals surface area contributed by atoms with Crippen molar-refractivity contribution in [2.45, 2.75) is 45.6 Å². The highest BCUT2D eigenvalue weighted by molar-refractivity contribution is 5.26. The van der Waals surface area contributed by atoms with Crippen LogP contribution in [0, 0.1) is 6.92 Å². The zero-order chi connectivity index (χ0) is 12.3. The quantitative estimate of drug-likeness (QED) is 0.869. The van der Waals surface area contributed by atoms with Gasteiger partial charge in [0.05, 0.1) is 0 Å². The lowest BCUT2D eigenvalue weighted by Gasteiger charge is -2.25. The summed E-state index contributed by atoms with van der Waals surface area (Å²) in [6, 6.07) is 2.23. The van der Waals surface area contributed by atoms with E-state index in [0.29, 0.717) is 6.04 Å². The molecule has 0 aromatic carbocycles. The predicted molar refractivity (Wildman–Crippen MR) is 70.3 cm³/mol. The Morgan fingerprint density at radius 3 is 3.06 bits per heavy atom. The van der Waals surface area contributed by atoms with E-state index in [1.54, 1.807) is 6.07 Å². The second-order valence-electron chi connectivity index (χ2n) is 4.98. The third kappa shape index (κ3) is 2.78. The largest absolute Gasteiger partial charge is 0.329 e. The maximum absolute atomic E-state index is 11.2. The minimum atomic E-state index is 0.00403. The van der Waals surface area contributed by atoms with E-state index in [2.05, 4.69) is 16.8 Å². The van der Waals surface area contributed by atoms with Crippen molar-refractivity contribution in [2.24, 2.45) is 0 Å². The van der Waals surface area contributed by atoms with E-state index in [1.807, 2.05) is 13.1 Å². The van der Waals surface area contributed by atoms with Gasteiger partial charge in [0.25, 0.3) is 0 Å². The molecule has 0 saturated carbocycles. The van der Waals surface area contributed by atoms with Gasteiger partial charge in [-0.1, -0.05) is 13.3 Å². The van der Waals surface area contributed by atoms with Gasteiger partial charge in [-0.3, -0.25) is 9.69 Å². The Labute approximate surface area is 103 Å². The van der Waals surface area contributed by atoms with E-state index in [4.69, 9.17) is 0 Å². The Hall–Kier alpha value is -1.09. The molecule has 2 heterocycles. The molecule has 0 bridgehead atoms. The van der Waals surface area contributed by atoms with Gasteiger partial charge < -0.3 is 4.98 Å². The molecule has 1 aromatic rings. The lowest BCUT2D eigenvalue weighted by molar-refractivity contribution is 0.252.